The van der Waals surface area contributed by atoms with Gasteiger partial charge in [-0.3, -0.25) is 4.79 Å². The minimum Gasteiger partial charge on any atom is -0.394 e. The summed E-state index contributed by atoms with van der Waals surface area (Å²) >= 11 is 0. The predicted octanol–water partition coefficient (Wildman–Crippen LogP) is 1.69. The Morgan fingerprint density at radius 2 is 1.83 bits per heavy atom. The summed E-state index contributed by atoms with van der Waals surface area (Å²) in [4.78, 5) is 12.4. The highest BCUT2D eigenvalue weighted by molar-refractivity contribution is 5.99. The average Bonchev–Trinajstić information content (AvgIpc) is 2.59. The van der Waals surface area contributed by atoms with Crippen molar-refractivity contribution in [1.82, 2.24) is 5.32 Å². The molecule has 1 unspecified atom stereocenters. The number of nitrogens with one attached hydrogen (secondary N) is 2. The van der Waals surface area contributed by atoms with Crippen LogP contribution in [-0.2, 0) is 6.54 Å². The molecule has 2 aromatic rings. The zero-order chi connectivity index (χ0) is 16.7. The summed E-state index contributed by atoms with van der Waals surface area (Å²) in [6.07, 6.45) is -0.862. The van der Waals surface area contributed by atoms with Crippen molar-refractivity contribution in [3.8, 4) is 0 Å². The van der Waals surface area contributed by atoms with Crippen molar-refractivity contribution in [2.24, 2.45) is 0 Å². The first kappa shape index (κ1) is 17.0. The zero-order valence-electron chi connectivity index (χ0n) is 13.1. The van der Waals surface area contributed by atoms with E-state index in [1.165, 1.54) is 5.56 Å². The summed E-state index contributed by atoms with van der Waals surface area (Å²) in [6, 6.07) is 15.1. The molecule has 4 N–H and O–H groups in total. The van der Waals surface area contributed by atoms with E-state index in [9.17, 15) is 9.90 Å². The molecule has 5 heteroatoms. The monoisotopic (exact) mass is 314 g/mol. The molecule has 23 heavy (non-hydrogen) atoms. The second-order valence-corrected chi connectivity index (χ2v) is 5.43. The molecule has 0 saturated carbocycles. The molecule has 0 saturated heterocycles. The lowest BCUT2D eigenvalue weighted by atomic mass is 10.1. The van der Waals surface area contributed by atoms with Gasteiger partial charge >= 0.3 is 0 Å². The minimum atomic E-state index is -0.862. The van der Waals surface area contributed by atoms with Crippen molar-refractivity contribution in [1.29, 1.82) is 0 Å². The lowest BCUT2D eigenvalue weighted by Crippen LogP contribution is -2.26. The fourth-order valence-corrected chi connectivity index (χ4v) is 2.11. The van der Waals surface area contributed by atoms with E-state index < -0.39 is 6.10 Å². The highest BCUT2D eigenvalue weighted by atomic mass is 16.3. The number of rotatable bonds is 7. The number of anilines is 1. The molecule has 0 radical (unpaired) electrons. The molecule has 0 heterocycles. The van der Waals surface area contributed by atoms with Crippen molar-refractivity contribution < 1.29 is 15.0 Å². The summed E-state index contributed by atoms with van der Waals surface area (Å²) in [5.74, 6) is -0.188. The number of carbonyl (C=O) groups is 1. The van der Waals surface area contributed by atoms with Crippen LogP contribution in [-0.4, -0.2) is 35.4 Å². The van der Waals surface area contributed by atoms with E-state index in [1.54, 1.807) is 18.2 Å². The maximum absolute atomic E-state index is 12.4. The molecule has 1 amide bonds. The van der Waals surface area contributed by atoms with Crippen LogP contribution in [0.15, 0.2) is 48.5 Å². The van der Waals surface area contributed by atoms with Gasteiger partial charge in [0.1, 0.15) is 0 Å². The van der Waals surface area contributed by atoms with Gasteiger partial charge in [0.15, 0.2) is 0 Å². The molecule has 0 spiro atoms. The molecular weight excluding hydrogens is 292 g/mol. The molecule has 122 valence electrons. The third kappa shape index (κ3) is 5.09. The Morgan fingerprint density at radius 1 is 1.13 bits per heavy atom. The van der Waals surface area contributed by atoms with Crippen LogP contribution in [0.1, 0.15) is 21.5 Å². The second-order valence-electron chi connectivity index (χ2n) is 5.43. The molecule has 2 rings (SSSR count). The van der Waals surface area contributed by atoms with Crippen LogP contribution in [0.4, 0.5) is 5.69 Å². The molecule has 1 atom stereocenters. The molecule has 0 aliphatic rings. The van der Waals surface area contributed by atoms with Gasteiger partial charge in [0, 0.05) is 18.8 Å². The molecule has 0 aliphatic heterocycles. The summed E-state index contributed by atoms with van der Waals surface area (Å²) in [5.41, 5.74) is 3.34. The Labute approximate surface area is 136 Å². The Bertz CT molecular complexity index is 641. The van der Waals surface area contributed by atoms with Gasteiger partial charge in [-0.1, -0.05) is 42.0 Å². The van der Waals surface area contributed by atoms with Gasteiger partial charge in [0.05, 0.1) is 18.3 Å². The Hall–Kier alpha value is -2.37. The summed E-state index contributed by atoms with van der Waals surface area (Å²) in [6.45, 7) is 2.32. The van der Waals surface area contributed by atoms with E-state index in [4.69, 9.17) is 5.11 Å². The number of hydrogen-bond acceptors (Lipinski definition) is 4. The normalized spacial score (nSPS) is 11.8. The van der Waals surface area contributed by atoms with Gasteiger partial charge in [-0.2, -0.15) is 0 Å². The fourth-order valence-electron chi connectivity index (χ4n) is 2.11. The van der Waals surface area contributed by atoms with Gasteiger partial charge in [0.25, 0.3) is 5.91 Å². The molecule has 0 aliphatic carbocycles. The first-order chi connectivity index (χ1) is 11.1. The van der Waals surface area contributed by atoms with Gasteiger partial charge in [0.2, 0.25) is 0 Å². The molecular formula is C18H22N2O3. The van der Waals surface area contributed by atoms with E-state index in [2.05, 4.69) is 10.6 Å². The van der Waals surface area contributed by atoms with Gasteiger partial charge < -0.3 is 20.8 Å². The fraction of sp³-hybridized carbons (Fsp3) is 0.278. The van der Waals surface area contributed by atoms with Crippen molar-refractivity contribution >= 4 is 11.6 Å². The lowest BCUT2D eigenvalue weighted by molar-refractivity contribution is 0.0950. The van der Waals surface area contributed by atoms with Crippen LogP contribution in [0.5, 0.6) is 0 Å². The highest BCUT2D eigenvalue weighted by Crippen LogP contribution is 2.15. The number of aryl methyl sites for hydroxylation is 1. The van der Waals surface area contributed by atoms with Crippen LogP contribution in [0.25, 0.3) is 0 Å². The smallest absolute Gasteiger partial charge is 0.253 e. The summed E-state index contributed by atoms with van der Waals surface area (Å²) < 4.78 is 0. The zero-order valence-corrected chi connectivity index (χ0v) is 13.1. The van der Waals surface area contributed by atoms with Crippen LogP contribution in [0.2, 0.25) is 0 Å². The molecule has 0 bridgehead atoms. The van der Waals surface area contributed by atoms with Crippen LogP contribution >= 0.6 is 0 Å². The highest BCUT2D eigenvalue weighted by Gasteiger charge is 2.11. The Balaban J connectivity index is 1.99. The maximum Gasteiger partial charge on any atom is 0.253 e. The number of amides is 1. The van der Waals surface area contributed by atoms with Crippen LogP contribution in [0, 0.1) is 6.92 Å². The van der Waals surface area contributed by atoms with Crippen LogP contribution < -0.4 is 10.6 Å². The lowest BCUT2D eigenvalue weighted by Gasteiger charge is -2.14. The number of carbonyl (C=O) groups excluding carboxylic acids is 1. The van der Waals surface area contributed by atoms with E-state index in [0.29, 0.717) is 17.8 Å². The van der Waals surface area contributed by atoms with Crippen LogP contribution in [0.3, 0.4) is 0 Å². The molecule has 5 nitrogen and oxygen atoms in total. The van der Waals surface area contributed by atoms with E-state index in [1.807, 2.05) is 37.3 Å². The number of aliphatic hydroxyl groups is 2. The number of para-hydroxylation sites is 1. The standard InChI is InChI=1S/C18H22N2O3/c1-13-6-8-14(9-7-13)10-20-18(23)16-4-2-3-5-17(16)19-11-15(22)12-21/h2-9,15,19,21-22H,10-12H2,1H3,(H,20,23). The van der Waals surface area contributed by atoms with Crippen molar-refractivity contribution in [3.63, 3.8) is 0 Å². The quantitative estimate of drug-likeness (QED) is 0.627. The number of benzene rings is 2. The molecule has 2 aromatic carbocycles. The summed E-state index contributed by atoms with van der Waals surface area (Å²) in [7, 11) is 0. The van der Waals surface area contributed by atoms with Gasteiger partial charge in [-0.15, -0.1) is 0 Å². The first-order valence-electron chi connectivity index (χ1n) is 7.55. The maximum atomic E-state index is 12.4. The number of aliphatic hydroxyl groups excluding tert-OH is 2. The van der Waals surface area contributed by atoms with Gasteiger partial charge in [-0.05, 0) is 24.6 Å². The van der Waals surface area contributed by atoms with E-state index in [0.717, 1.165) is 5.56 Å². The first-order valence-corrected chi connectivity index (χ1v) is 7.55. The predicted molar refractivity (Wildman–Crippen MR) is 90.4 cm³/mol. The topological polar surface area (TPSA) is 81.6 Å². The Kier molecular flexibility index (Phi) is 6.14. The minimum absolute atomic E-state index is 0.179. The SMILES string of the molecule is Cc1ccc(CNC(=O)c2ccccc2NCC(O)CO)cc1. The van der Waals surface area contributed by atoms with E-state index in [-0.39, 0.29) is 19.1 Å². The third-order valence-electron chi connectivity index (χ3n) is 3.48. The average molecular weight is 314 g/mol. The molecule has 0 fully saturated rings. The second kappa shape index (κ2) is 8.31. The van der Waals surface area contributed by atoms with E-state index >= 15 is 0 Å². The largest absolute Gasteiger partial charge is 0.394 e. The van der Waals surface area contributed by atoms with Crippen molar-refractivity contribution in [3.05, 3.63) is 65.2 Å². The third-order valence-corrected chi connectivity index (χ3v) is 3.48. The number of hydrogen-bond donors (Lipinski definition) is 4. The van der Waals surface area contributed by atoms with Crippen molar-refractivity contribution in [2.75, 3.05) is 18.5 Å². The van der Waals surface area contributed by atoms with Crippen molar-refractivity contribution in [2.45, 2.75) is 19.6 Å². The molecule has 0 aromatic heterocycles. The Morgan fingerprint density at radius 3 is 2.52 bits per heavy atom. The van der Waals surface area contributed by atoms with Gasteiger partial charge in [-0.25, -0.2) is 0 Å². The summed E-state index contributed by atoms with van der Waals surface area (Å²) in [5, 5.41) is 24.1.